The Morgan fingerprint density at radius 2 is 1.59 bits per heavy atom. The van der Waals surface area contributed by atoms with E-state index in [9.17, 15) is 5.26 Å². The van der Waals surface area contributed by atoms with Gasteiger partial charge in [-0.05, 0) is 103 Å². The molecule has 2 heterocycles. The van der Waals surface area contributed by atoms with E-state index in [0.717, 1.165) is 44.1 Å². The predicted molar refractivity (Wildman–Crippen MR) is 189 cm³/mol. The van der Waals surface area contributed by atoms with Gasteiger partial charge in [0, 0.05) is 39.2 Å². The zero-order chi connectivity index (χ0) is 30.6. The molecule has 9 rings (SSSR count). The molecule has 2 unspecified atom stereocenters. The number of anilines is 1. The third-order valence-corrected chi connectivity index (χ3v) is 10.4. The van der Waals surface area contributed by atoms with E-state index in [0.29, 0.717) is 5.92 Å². The lowest BCUT2D eigenvalue weighted by atomic mass is 9.80. The molecule has 1 aromatic heterocycles. The molecule has 0 saturated carbocycles. The van der Waals surface area contributed by atoms with Crippen molar-refractivity contribution in [3.05, 3.63) is 166 Å². The molecule has 0 fully saturated rings. The van der Waals surface area contributed by atoms with Crippen LogP contribution in [0.2, 0.25) is 0 Å². The van der Waals surface area contributed by atoms with Crippen molar-refractivity contribution in [2.75, 3.05) is 4.90 Å². The fourth-order valence-corrected chi connectivity index (χ4v) is 8.41. The minimum absolute atomic E-state index is 0.219. The first-order chi connectivity index (χ1) is 22.8. The summed E-state index contributed by atoms with van der Waals surface area (Å²) in [7, 11) is 0. The molecule has 0 spiro atoms. The Labute approximate surface area is 270 Å². The van der Waals surface area contributed by atoms with Gasteiger partial charge in [0.2, 0.25) is 0 Å². The van der Waals surface area contributed by atoms with Crippen molar-refractivity contribution in [1.82, 2.24) is 4.57 Å². The molecule has 3 nitrogen and oxygen atoms in total. The topological polar surface area (TPSA) is 32.0 Å². The average Bonchev–Trinajstić information content (AvgIpc) is 3.65. The average molecular weight is 594 g/mol. The lowest BCUT2D eigenvalue weighted by molar-refractivity contribution is 0.693. The van der Waals surface area contributed by atoms with Crippen molar-refractivity contribution >= 4 is 28.2 Å². The maximum atomic E-state index is 9.49. The molecular formula is C43H35N3. The number of aromatic nitrogens is 1. The Balaban J connectivity index is 1.24. The number of hydrogen-bond donors (Lipinski definition) is 0. The van der Waals surface area contributed by atoms with E-state index in [1.54, 1.807) is 0 Å². The molecule has 1 aliphatic heterocycles. The van der Waals surface area contributed by atoms with Gasteiger partial charge in [0.15, 0.2) is 0 Å². The molecule has 4 aromatic rings. The summed E-state index contributed by atoms with van der Waals surface area (Å²) in [5.74, 6) is 0.314. The van der Waals surface area contributed by atoms with Crippen molar-refractivity contribution in [1.29, 1.82) is 5.26 Å². The molecule has 46 heavy (non-hydrogen) atoms. The number of hydrogen-bond acceptors (Lipinski definition) is 2. The summed E-state index contributed by atoms with van der Waals surface area (Å²) in [6.07, 6.45) is 24.7. The van der Waals surface area contributed by atoms with Crippen LogP contribution in [0, 0.1) is 11.3 Å². The van der Waals surface area contributed by atoms with Gasteiger partial charge < -0.3 is 9.47 Å². The fraction of sp³-hybridized carbons (Fsp3) is 0.186. The van der Waals surface area contributed by atoms with Gasteiger partial charge in [-0.1, -0.05) is 91.1 Å². The van der Waals surface area contributed by atoms with E-state index in [1.165, 1.54) is 66.4 Å². The first-order valence-electron chi connectivity index (χ1n) is 16.7. The molecule has 5 aliphatic rings. The molecule has 222 valence electrons. The number of nitriles is 1. The predicted octanol–water partition coefficient (Wildman–Crippen LogP) is 8.60. The highest BCUT2D eigenvalue weighted by Crippen LogP contribution is 2.49. The lowest BCUT2D eigenvalue weighted by Crippen LogP contribution is -2.34. The van der Waals surface area contributed by atoms with Crippen molar-refractivity contribution in [3.63, 3.8) is 0 Å². The number of para-hydroxylation sites is 3. The van der Waals surface area contributed by atoms with Crippen LogP contribution in [0.4, 0.5) is 5.69 Å². The summed E-state index contributed by atoms with van der Waals surface area (Å²) in [4.78, 5) is 2.56. The van der Waals surface area contributed by atoms with Gasteiger partial charge in [0.05, 0.1) is 23.0 Å². The molecular weight excluding hydrogens is 558 g/mol. The number of benzene rings is 3. The van der Waals surface area contributed by atoms with Crippen LogP contribution in [0.1, 0.15) is 50.0 Å². The molecule has 4 aliphatic carbocycles. The number of rotatable bonds is 4. The first kappa shape index (κ1) is 27.0. The van der Waals surface area contributed by atoms with Crippen LogP contribution >= 0.6 is 0 Å². The fourth-order valence-electron chi connectivity index (χ4n) is 8.41. The van der Waals surface area contributed by atoms with Crippen molar-refractivity contribution in [3.8, 4) is 11.8 Å². The highest BCUT2D eigenvalue weighted by Gasteiger charge is 2.39. The maximum absolute atomic E-state index is 9.49. The Kier molecular flexibility index (Phi) is 6.42. The van der Waals surface area contributed by atoms with Crippen LogP contribution in [-0.4, -0.2) is 10.6 Å². The zero-order valence-electron chi connectivity index (χ0n) is 25.9. The normalized spacial score (nSPS) is 21.6. The molecule has 2 atom stereocenters. The summed E-state index contributed by atoms with van der Waals surface area (Å²) < 4.78 is 2.50. The monoisotopic (exact) mass is 593 g/mol. The molecule has 0 bridgehead atoms. The number of nitrogens with zero attached hydrogens (tertiary/aromatic N) is 3. The molecule has 0 amide bonds. The molecule has 3 aromatic carbocycles. The number of fused-ring (bicyclic) bond motifs is 6. The molecule has 0 N–H and O–H groups in total. The second-order valence-corrected chi connectivity index (χ2v) is 12.9. The lowest BCUT2D eigenvalue weighted by Gasteiger charge is -2.33. The van der Waals surface area contributed by atoms with E-state index in [4.69, 9.17) is 0 Å². The summed E-state index contributed by atoms with van der Waals surface area (Å²) in [6, 6.07) is 31.2. The molecule has 3 heteroatoms. The quantitative estimate of drug-likeness (QED) is 0.237. The van der Waals surface area contributed by atoms with E-state index >= 15 is 0 Å². The van der Waals surface area contributed by atoms with Crippen molar-refractivity contribution in [2.45, 2.75) is 50.5 Å². The van der Waals surface area contributed by atoms with Crippen LogP contribution in [0.3, 0.4) is 0 Å². The second kappa shape index (κ2) is 10.9. The first-order valence-corrected chi connectivity index (χ1v) is 16.7. The van der Waals surface area contributed by atoms with Gasteiger partial charge >= 0.3 is 0 Å². The van der Waals surface area contributed by atoms with E-state index in [1.807, 2.05) is 6.08 Å². The SMILES string of the molecule is N#CC1=CC=C(N2c3ccccc3C3C=CC(C4=C(C5=c6c(c7ccccc7n6-c6ccccc6)=CCC5)C=CCC4)=CC32)CC1. The highest BCUT2D eigenvalue weighted by molar-refractivity contribution is 5.87. The summed E-state index contributed by atoms with van der Waals surface area (Å²) >= 11 is 0. The third kappa shape index (κ3) is 4.17. The summed E-state index contributed by atoms with van der Waals surface area (Å²) in [6.45, 7) is 0. The highest BCUT2D eigenvalue weighted by atomic mass is 15.2. The van der Waals surface area contributed by atoms with E-state index in [2.05, 4.69) is 137 Å². The Hall–Kier alpha value is -5.33. The van der Waals surface area contributed by atoms with Crippen molar-refractivity contribution in [2.24, 2.45) is 0 Å². The van der Waals surface area contributed by atoms with Gasteiger partial charge in [-0.2, -0.15) is 5.26 Å². The zero-order valence-corrected chi connectivity index (χ0v) is 25.9. The minimum atomic E-state index is 0.219. The van der Waals surface area contributed by atoms with E-state index in [-0.39, 0.29) is 6.04 Å². The van der Waals surface area contributed by atoms with Crippen LogP contribution in [-0.2, 0) is 0 Å². The van der Waals surface area contributed by atoms with Crippen LogP contribution in [0.15, 0.2) is 149 Å². The Bertz CT molecular complexity index is 2280. The van der Waals surface area contributed by atoms with Crippen LogP contribution in [0.5, 0.6) is 0 Å². The Morgan fingerprint density at radius 1 is 0.761 bits per heavy atom. The largest absolute Gasteiger partial charge is 0.337 e. The van der Waals surface area contributed by atoms with Gasteiger partial charge in [-0.15, -0.1) is 0 Å². The molecule has 0 radical (unpaired) electrons. The summed E-state index contributed by atoms with van der Waals surface area (Å²) in [5.41, 5.74) is 13.0. The van der Waals surface area contributed by atoms with Gasteiger partial charge in [0.25, 0.3) is 0 Å². The van der Waals surface area contributed by atoms with Gasteiger partial charge in [0.1, 0.15) is 0 Å². The Morgan fingerprint density at radius 3 is 2.46 bits per heavy atom. The third-order valence-electron chi connectivity index (χ3n) is 10.4. The maximum Gasteiger partial charge on any atom is 0.0947 e. The molecule has 0 saturated heterocycles. The van der Waals surface area contributed by atoms with Gasteiger partial charge in [-0.3, -0.25) is 0 Å². The van der Waals surface area contributed by atoms with Gasteiger partial charge in [-0.25, -0.2) is 0 Å². The number of allylic oxidation sites excluding steroid dienone is 10. The van der Waals surface area contributed by atoms with Crippen molar-refractivity contribution < 1.29 is 0 Å². The summed E-state index contributed by atoms with van der Waals surface area (Å²) in [5, 5.41) is 13.5. The smallest absolute Gasteiger partial charge is 0.0947 e. The standard InChI is InChI=1S/C43H35N3/c44-28-29-21-24-32(25-22-29)45-40-19-8-6-15-35(40)37-26-23-30(27-42(37)45)33-13-4-5-14-34(33)38-17-10-18-39-36-16-7-9-20-41(36)46(43(38)39)31-11-2-1-3-12-31/h1-3,5-9,11-12,14-16,18-21,23-24,26-27,37,42H,4,10,13,17,22,25H2. The van der Waals surface area contributed by atoms with Crippen LogP contribution in [0.25, 0.3) is 28.2 Å². The van der Waals surface area contributed by atoms with Crippen LogP contribution < -0.4 is 15.5 Å². The minimum Gasteiger partial charge on any atom is -0.337 e. The van der Waals surface area contributed by atoms with E-state index < -0.39 is 0 Å². The second-order valence-electron chi connectivity index (χ2n) is 12.9.